The number of imidazole rings is 2. The van der Waals surface area contributed by atoms with Crippen molar-refractivity contribution in [1.82, 2.24) is 49.1 Å². The Hall–Kier alpha value is -7.73. The number of pyridine rings is 1. The highest BCUT2D eigenvalue weighted by atomic mass is 19.1. The van der Waals surface area contributed by atoms with Crippen LogP contribution in [0.4, 0.5) is 21.6 Å². The highest BCUT2D eigenvalue weighted by Crippen LogP contribution is 2.41. The van der Waals surface area contributed by atoms with Gasteiger partial charge in [0.05, 0.1) is 40.2 Å². The van der Waals surface area contributed by atoms with Crippen molar-refractivity contribution in [3.63, 3.8) is 0 Å². The van der Waals surface area contributed by atoms with Gasteiger partial charge in [0.2, 0.25) is 11.8 Å². The molecule has 4 amide bonds. The first kappa shape index (κ1) is 45.4. The molecule has 3 aromatic carbocycles. The van der Waals surface area contributed by atoms with Crippen molar-refractivity contribution in [3.8, 4) is 22.4 Å². The van der Waals surface area contributed by atoms with E-state index in [1.54, 1.807) is 24.9 Å². The van der Waals surface area contributed by atoms with Crippen molar-refractivity contribution in [2.24, 2.45) is 7.05 Å². The number of hydrogen-bond donors (Lipinski definition) is 3. The second-order valence-electron chi connectivity index (χ2n) is 19.9. The first-order chi connectivity index (χ1) is 35.0. The number of amides is 4. The monoisotopic (exact) mass is 970 g/mol. The number of nitrogens with one attached hydrogen (secondary N) is 3. The molecule has 18 heteroatoms. The summed E-state index contributed by atoms with van der Waals surface area (Å²) >= 11 is 0. The second-order valence-corrected chi connectivity index (χ2v) is 19.9. The van der Waals surface area contributed by atoms with Gasteiger partial charge in [-0.1, -0.05) is 42.5 Å². The Labute approximate surface area is 414 Å². The van der Waals surface area contributed by atoms with Crippen LogP contribution in [0.5, 0.6) is 0 Å². The number of alkyl halides is 1. The van der Waals surface area contributed by atoms with Crippen molar-refractivity contribution in [1.29, 1.82) is 0 Å². The lowest BCUT2D eigenvalue weighted by atomic mass is 9.80. The molecule has 4 fully saturated rings. The normalized spacial score (nSPS) is 22.3. The van der Waals surface area contributed by atoms with E-state index in [4.69, 9.17) is 10.1 Å². The number of aromatic nitrogens is 6. The molecule has 4 aromatic heterocycles. The van der Waals surface area contributed by atoms with Gasteiger partial charge in [-0.2, -0.15) is 0 Å². The third kappa shape index (κ3) is 8.06. The number of halogens is 1. The summed E-state index contributed by atoms with van der Waals surface area (Å²) < 4.78 is 18.2. The number of rotatable bonds is 10. The molecular formula is C54H55FN12O5. The number of carbonyl (C=O) groups excluding carboxylic acids is 4. The fourth-order valence-corrected chi connectivity index (χ4v) is 11.5. The van der Waals surface area contributed by atoms with E-state index in [1.165, 1.54) is 20.8 Å². The van der Waals surface area contributed by atoms with E-state index in [-0.39, 0.29) is 29.6 Å². The molecule has 12 rings (SSSR count). The second kappa shape index (κ2) is 18.1. The van der Waals surface area contributed by atoms with Gasteiger partial charge in [0.25, 0.3) is 11.8 Å². The molecule has 7 heterocycles. The molecule has 2 saturated heterocycles. The van der Waals surface area contributed by atoms with Crippen molar-refractivity contribution < 1.29 is 23.6 Å². The summed E-state index contributed by atoms with van der Waals surface area (Å²) in [6.45, 7) is 3.69. The highest BCUT2D eigenvalue weighted by Gasteiger charge is 2.40. The molecule has 2 saturated carbocycles. The number of imide groups is 1. The zero-order valence-electron chi connectivity index (χ0n) is 40.2. The Morgan fingerprint density at radius 2 is 1.58 bits per heavy atom. The van der Waals surface area contributed by atoms with Crippen LogP contribution < -0.4 is 26.5 Å². The molecule has 2 aliphatic carbocycles. The van der Waals surface area contributed by atoms with Crippen LogP contribution >= 0.6 is 0 Å². The summed E-state index contributed by atoms with van der Waals surface area (Å²) in [7, 11) is 3.51. The lowest BCUT2D eigenvalue weighted by Gasteiger charge is -2.42. The third-order valence-corrected chi connectivity index (χ3v) is 15.7. The summed E-state index contributed by atoms with van der Waals surface area (Å²) in [6.07, 6.45) is 8.13. The van der Waals surface area contributed by atoms with E-state index < -0.39 is 30.1 Å². The number of nitrogens with zero attached hydrogens (tertiary/aromatic N) is 9. The van der Waals surface area contributed by atoms with Gasteiger partial charge in [-0.25, -0.2) is 18.7 Å². The SMILES string of the molecule is CNc1cc(N2CCc3c(-c4ccc(C(=O)N5CCN(C6CCC(c7ccc(-c8ccc9c(c8)n(C)c(=O)n9C8CCC(=O)NC8=O)cc7)CC6)CC5)cn4)cccc32)nn2c(C(=O)N[C@@H]3C[C@@H]3F)cnc12. The molecule has 7 aromatic rings. The van der Waals surface area contributed by atoms with E-state index in [2.05, 4.69) is 67.1 Å². The van der Waals surface area contributed by atoms with Gasteiger partial charge in [-0.15, -0.1) is 5.10 Å². The molecule has 3 atom stereocenters. The minimum Gasteiger partial charge on any atom is -0.385 e. The summed E-state index contributed by atoms with van der Waals surface area (Å²) in [6, 6.07) is 25.8. The minimum atomic E-state index is -1.02. The zero-order chi connectivity index (χ0) is 49.4. The van der Waals surface area contributed by atoms with Crippen LogP contribution in [0.25, 0.3) is 39.1 Å². The number of fused-ring (bicyclic) bond motifs is 3. The molecule has 0 spiro atoms. The molecule has 3 N–H and O–H groups in total. The fraction of sp³-hybridized carbons (Fsp3) is 0.370. The Bertz CT molecular complexity index is 3370. The maximum atomic E-state index is 13.8. The molecule has 0 radical (unpaired) electrons. The van der Waals surface area contributed by atoms with Crippen LogP contribution in [-0.2, 0) is 23.1 Å². The van der Waals surface area contributed by atoms with Crippen molar-refractivity contribution in [3.05, 3.63) is 124 Å². The predicted molar refractivity (Wildman–Crippen MR) is 270 cm³/mol. The van der Waals surface area contributed by atoms with Crippen molar-refractivity contribution in [2.45, 2.75) is 81.6 Å². The fourth-order valence-electron chi connectivity index (χ4n) is 11.5. The molecule has 3 aliphatic heterocycles. The molecular weight excluding hydrogens is 916 g/mol. The lowest BCUT2D eigenvalue weighted by Crippen LogP contribution is -2.52. The summed E-state index contributed by atoms with van der Waals surface area (Å²) in [5, 5.41) is 13.1. The van der Waals surface area contributed by atoms with E-state index >= 15 is 0 Å². The minimum absolute atomic E-state index is 0.00378. The number of anilines is 3. The summed E-state index contributed by atoms with van der Waals surface area (Å²) in [5.41, 5.74) is 10.4. The number of piperazine rings is 1. The molecule has 17 nitrogen and oxygen atoms in total. The first-order valence-corrected chi connectivity index (χ1v) is 25.1. The van der Waals surface area contributed by atoms with Gasteiger partial charge < -0.3 is 20.4 Å². The quantitative estimate of drug-likeness (QED) is 0.134. The Morgan fingerprint density at radius 1 is 0.806 bits per heavy atom. The van der Waals surface area contributed by atoms with Crippen molar-refractivity contribution >= 4 is 57.5 Å². The molecule has 5 aliphatic rings. The molecule has 72 heavy (non-hydrogen) atoms. The maximum Gasteiger partial charge on any atom is 0.329 e. The van der Waals surface area contributed by atoms with Crippen LogP contribution in [0.3, 0.4) is 0 Å². The molecule has 368 valence electrons. The Balaban J connectivity index is 0.651. The number of aryl methyl sites for hydroxylation is 1. The average molecular weight is 971 g/mol. The largest absolute Gasteiger partial charge is 0.385 e. The molecule has 0 bridgehead atoms. The van der Waals surface area contributed by atoms with Crippen LogP contribution in [-0.4, -0.2) is 120 Å². The first-order valence-electron chi connectivity index (χ1n) is 25.1. The van der Waals surface area contributed by atoms with Crippen LogP contribution in [0.2, 0.25) is 0 Å². The zero-order valence-corrected chi connectivity index (χ0v) is 40.2. The Morgan fingerprint density at radius 3 is 2.31 bits per heavy atom. The van der Waals surface area contributed by atoms with Gasteiger partial charge in [-0.3, -0.25) is 43.5 Å². The number of hydrogen-bond acceptors (Lipinski definition) is 11. The van der Waals surface area contributed by atoms with E-state index in [0.29, 0.717) is 72.7 Å². The van der Waals surface area contributed by atoms with Crippen molar-refractivity contribution in [2.75, 3.05) is 50.0 Å². The van der Waals surface area contributed by atoms with Crippen LogP contribution in [0, 0.1) is 0 Å². The number of benzene rings is 3. The van der Waals surface area contributed by atoms with Crippen LogP contribution in [0.15, 0.2) is 96.1 Å². The van der Waals surface area contributed by atoms with Gasteiger partial charge in [-0.05, 0) is 97.0 Å². The van der Waals surface area contributed by atoms with E-state index in [9.17, 15) is 28.4 Å². The third-order valence-electron chi connectivity index (χ3n) is 15.7. The van der Waals surface area contributed by atoms with Gasteiger partial charge in [0.1, 0.15) is 12.2 Å². The predicted octanol–water partition coefficient (Wildman–Crippen LogP) is 6.15. The number of piperidine rings is 1. The van der Waals surface area contributed by atoms with E-state index in [0.717, 1.165) is 84.3 Å². The summed E-state index contributed by atoms with van der Waals surface area (Å²) in [4.78, 5) is 80.5. The topological polar surface area (TPSA) is 184 Å². The smallest absolute Gasteiger partial charge is 0.329 e. The van der Waals surface area contributed by atoms with Crippen LogP contribution in [0.1, 0.15) is 88.9 Å². The molecule has 1 unspecified atom stereocenters. The Kier molecular flexibility index (Phi) is 11.4. The van der Waals surface area contributed by atoms with Gasteiger partial charge in [0.15, 0.2) is 17.2 Å². The standard InChI is InChI=1S/C54H55FN12O5/c1-56-42-28-48(61-67-47(30-58-50(42)67)52(70)59-41-27-39(41)55)65-21-20-38-37(4-3-5-43(38)65)40-16-12-35(29-57-40)53(71)64-24-22-63(23-25-64)36-14-10-32(11-15-36)31-6-8-33(9-7-31)34-13-17-44-46(26-34)62(2)54(72)66(44)45-18-19-49(68)60-51(45)69/h3-9,12-13,16-17,26,28-30,32,36,39,41,45,56H,10-11,14-15,18-25,27H2,1-2H3,(H,59,70)(H,60,68,69)/t32?,36?,39-,41+,45?/m0/s1. The highest BCUT2D eigenvalue weighted by molar-refractivity contribution is 6.00. The average Bonchev–Trinajstić information content (AvgIpc) is 3.68. The van der Waals surface area contributed by atoms with Gasteiger partial charge >= 0.3 is 5.69 Å². The maximum absolute atomic E-state index is 13.8. The number of carbonyl (C=O) groups is 4. The van der Waals surface area contributed by atoms with E-state index in [1.807, 2.05) is 47.4 Å². The summed E-state index contributed by atoms with van der Waals surface area (Å²) in [5.74, 6) is -0.0498. The lowest BCUT2D eigenvalue weighted by molar-refractivity contribution is -0.135. The van der Waals surface area contributed by atoms with Gasteiger partial charge in [0, 0.05) is 89.2 Å².